The van der Waals surface area contributed by atoms with Crippen molar-refractivity contribution in [1.29, 1.82) is 0 Å². The molecule has 0 radical (unpaired) electrons. The number of nitrogens with zero attached hydrogens (tertiary/aromatic N) is 1. The van der Waals surface area contributed by atoms with Crippen LogP contribution in [0, 0.1) is 0 Å². The molecule has 2 aliphatic rings. The summed E-state index contributed by atoms with van der Waals surface area (Å²) >= 11 is 0. The normalized spacial score (nSPS) is 33.0. The molecule has 4 nitrogen and oxygen atoms in total. The summed E-state index contributed by atoms with van der Waals surface area (Å²) in [7, 11) is 1.35. The molecule has 2 bridgehead atoms. The monoisotopic (exact) mass is 155 g/mol. The zero-order chi connectivity index (χ0) is 7.84. The van der Waals surface area contributed by atoms with Crippen molar-refractivity contribution >= 4 is 6.09 Å². The van der Waals surface area contributed by atoms with E-state index >= 15 is 0 Å². The second-order valence-electron chi connectivity index (χ2n) is 2.63. The highest BCUT2D eigenvalue weighted by atomic mass is 16.7. The molecule has 1 saturated heterocycles. The van der Waals surface area contributed by atoms with E-state index < -0.39 is 6.09 Å². The summed E-state index contributed by atoms with van der Waals surface area (Å²) in [4.78, 5) is 16.1. The van der Waals surface area contributed by atoms with Crippen LogP contribution >= 0.6 is 0 Å². The maximum Gasteiger partial charge on any atom is 0.434 e. The van der Waals surface area contributed by atoms with Crippen molar-refractivity contribution in [2.45, 2.75) is 18.6 Å². The molecule has 0 spiro atoms. The highest BCUT2D eigenvalue weighted by Crippen LogP contribution is 2.29. The van der Waals surface area contributed by atoms with Crippen molar-refractivity contribution in [3.05, 3.63) is 12.2 Å². The van der Waals surface area contributed by atoms with E-state index in [1.54, 1.807) is 0 Å². The number of fused-ring (bicyclic) bond motifs is 2. The van der Waals surface area contributed by atoms with Crippen LogP contribution in [0.15, 0.2) is 12.2 Å². The molecule has 0 aromatic heterocycles. The predicted octanol–water partition coefficient (Wildman–Crippen LogP) is 0.697. The third-order valence-corrected chi connectivity index (χ3v) is 1.93. The third kappa shape index (κ3) is 0.903. The molecule has 0 aromatic rings. The van der Waals surface area contributed by atoms with Crippen molar-refractivity contribution < 1.29 is 14.4 Å². The molecule has 1 heterocycles. The fourth-order valence-corrected chi connectivity index (χ4v) is 1.39. The fourth-order valence-electron chi connectivity index (χ4n) is 1.39. The number of ether oxygens (including phenoxy) is 1. The Balaban J connectivity index is 2.08. The van der Waals surface area contributed by atoms with E-state index in [1.165, 1.54) is 12.2 Å². The standard InChI is InChI=1S/C7H9NO3/c1-10-7(9)8-5-2-3-6(4-5)11-8/h2-3,5-6H,4H2,1H3/t5-,6+/m0/s1. The van der Waals surface area contributed by atoms with E-state index in [0.29, 0.717) is 0 Å². The molecule has 60 valence electrons. The molecule has 0 unspecified atom stereocenters. The summed E-state index contributed by atoms with van der Waals surface area (Å²) in [5.41, 5.74) is 0. The first-order chi connectivity index (χ1) is 5.31. The molecule has 1 aliphatic heterocycles. The number of methoxy groups -OCH3 is 1. The lowest BCUT2D eigenvalue weighted by Crippen LogP contribution is -2.34. The van der Waals surface area contributed by atoms with E-state index in [-0.39, 0.29) is 12.1 Å². The number of hydrogen-bond donors (Lipinski definition) is 0. The number of hydroxylamine groups is 2. The maximum atomic E-state index is 10.9. The van der Waals surface area contributed by atoms with Crippen LogP contribution in [-0.4, -0.2) is 30.4 Å². The number of carbonyl (C=O) groups excluding carboxylic acids is 1. The van der Waals surface area contributed by atoms with E-state index in [0.717, 1.165) is 6.42 Å². The molecule has 1 amide bonds. The van der Waals surface area contributed by atoms with Gasteiger partial charge in [-0.25, -0.2) is 4.79 Å². The molecule has 1 fully saturated rings. The van der Waals surface area contributed by atoms with Gasteiger partial charge in [0.15, 0.2) is 0 Å². The molecule has 4 heteroatoms. The minimum Gasteiger partial charge on any atom is -0.451 e. The average molecular weight is 155 g/mol. The zero-order valence-corrected chi connectivity index (χ0v) is 6.19. The van der Waals surface area contributed by atoms with Crippen LogP contribution in [0.4, 0.5) is 4.79 Å². The maximum absolute atomic E-state index is 10.9. The lowest BCUT2D eigenvalue weighted by Gasteiger charge is -2.20. The molecule has 2 rings (SSSR count). The smallest absolute Gasteiger partial charge is 0.434 e. The van der Waals surface area contributed by atoms with Crippen molar-refractivity contribution in [3.63, 3.8) is 0 Å². The molecule has 11 heavy (non-hydrogen) atoms. The van der Waals surface area contributed by atoms with Crippen LogP contribution in [0.5, 0.6) is 0 Å². The van der Waals surface area contributed by atoms with Gasteiger partial charge in [0.05, 0.1) is 13.2 Å². The minimum atomic E-state index is -0.415. The van der Waals surface area contributed by atoms with Gasteiger partial charge < -0.3 is 4.74 Å². The topological polar surface area (TPSA) is 38.8 Å². The van der Waals surface area contributed by atoms with Gasteiger partial charge >= 0.3 is 6.09 Å². The van der Waals surface area contributed by atoms with E-state index in [9.17, 15) is 4.79 Å². The fraction of sp³-hybridized carbons (Fsp3) is 0.571. The summed E-state index contributed by atoms with van der Waals surface area (Å²) in [6, 6.07) is 0.0902. The molecule has 0 saturated carbocycles. The highest BCUT2D eigenvalue weighted by molar-refractivity contribution is 5.67. The van der Waals surface area contributed by atoms with E-state index in [2.05, 4.69) is 4.74 Å². The van der Waals surface area contributed by atoms with Crippen molar-refractivity contribution in [2.75, 3.05) is 7.11 Å². The van der Waals surface area contributed by atoms with Crippen LogP contribution in [0.2, 0.25) is 0 Å². The van der Waals surface area contributed by atoms with Gasteiger partial charge in [-0.1, -0.05) is 12.2 Å². The van der Waals surface area contributed by atoms with Gasteiger partial charge in [-0.2, -0.15) is 5.06 Å². The predicted molar refractivity (Wildman–Crippen MR) is 36.7 cm³/mol. The number of carbonyl (C=O) groups is 1. The summed E-state index contributed by atoms with van der Waals surface area (Å²) in [5, 5.41) is 1.28. The molecule has 2 atom stereocenters. The quantitative estimate of drug-likeness (QED) is 0.483. The van der Waals surface area contributed by atoms with Crippen LogP contribution in [0.3, 0.4) is 0 Å². The van der Waals surface area contributed by atoms with E-state index in [1.807, 2.05) is 12.2 Å². The molecular formula is C7H9NO3. The largest absolute Gasteiger partial charge is 0.451 e. The first-order valence-electron chi connectivity index (χ1n) is 3.53. The Morgan fingerprint density at radius 2 is 2.55 bits per heavy atom. The Hall–Kier alpha value is -1.03. The van der Waals surface area contributed by atoms with Crippen LogP contribution < -0.4 is 0 Å². The summed E-state index contributed by atoms with van der Waals surface area (Å²) in [6.45, 7) is 0. The Morgan fingerprint density at radius 3 is 3.00 bits per heavy atom. The lowest BCUT2D eigenvalue weighted by molar-refractivity contribution is -0.125. The van der Waals surface area contributed by atoms with E-state index in [4.69, 9.17) is 4.84 Å². The average Bonchev–Trinajstić information content (AvgIpc) is 2.62. The van der Waals surface area contributed by atoms with Gasteiger partial charge in [0.2, 0.25) is 0 Å². The Morgan fingerprint density at radius 1 is 1.73 bits per heavy atom. The summed E-state index contributed by atoms with van der Waals surface area (Å²) < 4.78 is 4.51. The molecule has 0 N–H and O–H groups in total. The van der Waals surface area contributed by atoms with Crippen LogP contribution in [0.1, 0.15) is 6.42 Å². The highest BCUT2D eigenvalue weighted by Gasteiger charge is 2.38. The van der Waals surface area contributed by atoms with Gasteiger partial charge in [0, 0.05) is 6.42 Å². The van der Waals surface area contributed by atoms with Crippen molar-refractivity contribution in [2.24, 2.45) is 0 Å². The first kappa shape index (κ1) is 6.67. The van der Waals surface area contributed by atoms with Gasteiger partial charge in [-0.05, 0) is 0 Å². The zero-order valence-electron chi connectivity index (χ0n) is 6.19. The van der Waals surface area contributed by atoms with Crippen LogP contribution in [-0.2, 0) is 9.57 Å². The second-order valence-corrected chi connectivity index (χ2v) is 2.63. The second kappa shape index (κ2) is 2.23. The van der Waals surface area contributed by atoms with Gasteiger partial charge in [0.25, 0.3) is 0 Å². The number of hydrogen-bond acceptors (Lipinski definition) is 3. The Kier molecular flexibility index (Phi) is 1.35. The SMILES string of the molecule is COC(=O)N1O[C@@H]2C=C[C@H]1C2. The van der Waals surface area contributed by atoms with Gasteiger partial charge in [0.1, 0.15) is 6.10 Å². The van der Waals surface area contributed by atoms with Crippen LogP contribution in [0.25, 0.3) is 0 Å². The minimum absolute atomic E-state index is 0.0825. The van der Waals surface area contributed by atoms with Crippen molar-refractivity contribution in [1.82, 2.24) is 5.06 Å². The lowest BCUT2D eigenvalue weighted by atomic mass is 10.3. The third-order valence-electron chi connectivity index (χ3n) is 1.93. The number of amides is 1. The molecular weight excluding hydrogens is 146 g/mol. The number of rotatable bonds is 0. The van der Waals surface area contributed by atoms with Gasteiger partial charge in [-0.15, -0.1) is 0 Å². The summed E-state index contributed by atoms with van der Waals surface area (Å²) in [5.74, 6) is 0. The summed E-state index contributed by atoms with van der Waals surface area (Å²) in [6.07, 6.45) is 4.46. The van der Waals surface area contributed by atoms with Gasteiger partial charge in [-0.3, -0.25) is 4.84 Å². The Labute approximate surface area is 64.3 Å². The first-order valence-corrected chi connectivity index (χ1v) is 3.53. The molecule has 1 aliphatic carbocycles. The molecule has 0 aromatic carbocycles. The Bertz CT molecular complexity index is 214. The van der Waals surface area contributed by atoms with Crippen molar-refractivity contribution in [3.8, 4) is 0 Å².